The van der Waals surface area contributed by atoms with Gasteiger partial charge in [0.05, 0.1) is 21.6 Å². The molecule has 13 heteroatoms. The van der Waals surface area contributed by atoms with E-state index in [9.17, 15) is 19.8 Å². The van der Waals surface area contributed by atoms with E-state index in [1.165, 1.54) is 26.9 Å². The fourth-order valence-corrected chi connectivity index (χ4v) is 16.0. The number of para-hydroxylation sites is 4. The van der Waals surface area contributed by atoms with Crippen molar-refractivity contribution in [2.24, 2.45) is 0 Å². The van der Waals surface area contributed by atoms with Gasteiger partial charge in [-0.1, -0.05) is 369 Å². The Balaban J connectivity index is 0.000000135. The molecule has 0 bridgehead atoms. The number of aldehydes is 1. The maximum atomic E-state index is 13.1. The van der Waals surface area contributed by atoms with Gasteiger partial charge in [-0.25, -0.2) is 4.98 Å². The summed E-state index contributed by atoms with van der Waals surface area (Å²) >= 11 is 6.59. The van der Waals surface area contributed by atoms with Crippen molar-refractivity contribution in [2.75, 3.05) is 22.9 Å². The van der Waals surface area contributed by atoms with E-state index >= 15 is 0 Å². The van der Waals surface area contributed by atoms with Gasteiger partial charge in [0.15, 0.2) is 18.1 Å². The molecule has 0 saturated carbocycles. The van der Waals surface area contributed by atoms with Crippen LogP contribution >= 0.6 is 46.2 Å². The van der Waals surface area contributed by atoms with Crippen LogP contribution in [0.3, 0.4) is 0 Å². The second-order valence-electron chi connectivity index (χ2n) is 24.1. The van der Waals surface area contributed by atoms with Crippen molar-refractivity contribution >= 4 is 120 Å². The number of aliphatic hydroxyl groups is 2. The van der Waals surface area contributed by atoms with Crippen LogP contribution in [0.15, 0.2) is 384 Å². The molecule has 0 spiro atoms. The second-order valence-corrected chi connectivity index (χ2v) is 28.1. The van der Waals surface area contributed by atoms with Gasteiger partial charge in [0.1, 0.15) is 32.0 Å². The summed E-state index contributed by atoms with van der Waals surface area (Å²) in [4.78, 5) is 34.5. The number of allylic oxidation sites excluding steroid dienone is 1. The second kappa shape index (κ2) is 39.0. The fraction of sp³-hybridized carbons (Fsp3) is 0.0652. The number of benzene rings is 12. The van der Waals surface area contributed by atoms with Gasteiger partial charge in [-0.2, -0.15) is 4.57 Å². The van der Waals surface area contributed by atoms with E-state index in [-0.39, 0.29) is 28.1 Å². The third-order valence-electron chi connectivity index (χ3n) is 16.9. The number of anilines is 2. The number of aliphatic hydroxyl groups excluding tert-OH is 1. The minimum absolute atomic E-state index is 0. The molecular weight excluding hydrogens is 1430 g/mol. The third kappa shape index (κ3) is 20.7. The lowest BCUT2D eigenvalue weighted by Crippen LogP contribution is -3.00. The Labute approximate surface area is 642 Å². The normalized spacial score (nSPS) is 13.8. The molecule has 16 rings (SSSR count). The highest BCUT2D eigenvalue weighted by Gasteiger charge is 2.36. The molecule has 0 radical (unpaired) electrons. The number of halogens is 1. The lowest BCUT2D eigenvalue weighted by molar-refractivity contribution is -0.656. The molecule has 105 heavy (non-hydrogen) atoms. The van der Waals surface area contributed by atoms with Crippen LogP contribution < -0.4 is 31.3 Å². The summed E-state index contributed by atoms with van der Waals surface area (Å²) in [6.07, 6.45) is 18.2. The lowest BCUT2D eigenvalue weighted by atomic mass is 9.90. The minimum Gasteiger partial charge on any atom is -1.00 e. The molecule has 2 aliphatic heterocycles. The number of nitrogens with zero attached hydrogens (tertiary/aromatic N) is 4. The Morgan fingerprint density at radius 3 is 1.48 bits per heavy atom. The number of carbonyl (C=O) groups is 2. The van der Waals surface area contributed by atoms with Crippen molar-refractivity contribution in [3.8, 4) is 0 Å². The monoisotopic (exact) mass is 1510 g/mol. The van der Waals surface area contributed by atoms with Gasteiger partial charge >= 0.3 is 0 Å². The van der Waals surface area contributed by atoms with E-state index in [1.807, 2.05) is 231 Å². The Morgan fingerprint density at radius 2 is 0.914 bits per heavy atom. The van der Waals surface area contributed by atoms with Crippen LogP contribution in [0.4, 0.5) is 11.4 Å². The molecule has 12 aromatic carbocycles. The van der Waals surface area contributed by atoms with E-state index in [2.05, 4.69) is 166 Å². The Morgan fingerprint density at radius 1 is 0.467 bits per heavy atom. The average molecular weight is 1510 g/mol. The van der Waals surface area contributed by atoms with Crippen LogP contribution in [0.5, 0.6) is 0 Å². The Kier molecular flexibility index (Phi) is 27.9. The first-order valence-corrected chi connectivity index (χ1v) is 37.7. The van der Waals surface area contributed by atoms with Crippen LogP contribution in [0.2, 0.25) is 0 Å². The van der Waals surface area contributed by atoms with Gasteiger partial charge in [-0.15, -0.1) is 11.3 Å². The molecule has 14 aromatic rings. The summed E-state index contributed by atoms with van der Waals surface area (Å²) in [6, 6.07) is 112. The maximum Gasteiger partial charge on any atom is 0.226 e. The lowest BCUT2D eigenvalue weighted by Gasteiger charge is -2.25. The van der Waals surface area contributed by atoms with Gasteiger partial charge < -0.3 is 37.0 Å². The highest BCUT2D eigenvalue weighted by Crippen LogP contribution is 2.48. The van der Waals surface area contributed by atoms with Gasteiger partial charge in [0, 0.05) is 52.1 Å². The van der Waals surface area contributed by atoms with E-state index in [0.717, 1.165) is 82.1 Å². The number of Topliss-reactive ketones (excluding diaryl/α,β-unsaturated/α-hetero) is 1. The van der Waals surface area contributed by atoms with Gasteiger partial charge in [-0.05, 0) is 76.4 Å². The molecule has 520 valence electrons. The smallest absolute Gasteiger partial charge is 0.226 e. The van der Waals surface area contributed by atoms with Gasteiger partial charge in [0.2, 0.25) is 11.0 Å². The first-order chi connectivity index (χ1) is 51.3. The average Bonchev–Trinajstić information content (AvgIpc) is 1.57. The van der Waals surface area contributed by atoms with Crippen molar-refractivity contribution in [2.45, 2.75) is 33.7 Å². The number of thioether (sulfide) groups is 2. The van der Waals surface area contributed by atoms with E-state index < -0.39 is 5.60 Å². The van der Waals surface area contributed by atoms with Crippen molar-refractivity contribution in [3.63, 3.8) is 0 Å². The summed E-state index contributed by atoms with van der Waals surface area (Å²) in [5, 5.41) is 23.9. The SMILES string of the molecule is C(=C\c1ccccc1)/C[n+]1csc2ccccc21.O/C(=C1/Sc2ccccc2N1C/C=C/c1ccccc1)c1ccccc1.O=C(c1ccccc1)C1Sc2ccccc2N1C/C=C/c1ccccc1.O=Cc1ccccc1.OC(C/C=C/c1ccccc1)(c1ccccc1)c1nc2ccccc2s1.[Br-]. The Bertz CT molecular complexity index is 5150. The predicted molar refractivity (Wildman–Crippen MR) is 439 cm³/mol. The summed E-state index contributed by atoms with van der Waals surface area (Å²) in [5.41, 5.74) is 13.4. The number of aromatic nitrogens is 2. The Hall–Kier alpha value is -11.0. The van der Waals surface area contributed by atoms with E-state index in [4.69, 9.17) is 4.98 Å². The zero-order valence-corrected chi connectivity index (χ0v) is 62.4. The molecule has 0 saturated heterocycles. The van der Waals surface area contributed by atoms with E-state index in [1.54, 1.807) is 58.3 Å². The van der Waals surface area contributed by atoms with Crippen LogP contribution in [0.25, 0.3) is 50.5 Å². The van der Waals surface area contributed by atoms with Crippen molar-refractivity contribution in [1.29, 1.82) is 0 Å². The quantitative estimate of drug-likeness (QED) is 0.0377. The summed E-state index contributed by atoms with van der Waals surface area (Å²) in [6.45, 7) is 2.31. The van der Waals surface area contributed by atoms with Crippen molar-refractivity contribution < 1.29 is 41.4 Å². The molecule has 0 fully saturated rings. The zero-order valence-electron chi connectivity index (χ0n) is 57.5. The van der Waals surface area contributed by atoms with Crippen LogP contribution in [-0.2, 0) is 12.1 Å². The summed E-state index contributed by atoms with van der Waals surface area (Å²) in [7, 11) is 0. The largest absolute Gasteiger partial charge is 1.00 e. The number of hydrogen-bond acceptors (Lipinski definition) is 11. The molecule has 2 atom stereocenters. The highest BCUT2D eigenvalue weighted by atomic mass is 79.9. The summed E-state index contributed by atoms with van der Waals surface area (Å²) in [5.74, 6) is 0.472. The first kappa shape index (κ1) is 75.2. The zero-order chi connectivity index (χ0) is 71.4. The highest BCUT2D eigenvalue weighted by molar-refractivity contribution is 8.04. The molecule has 8 nitrogen and oxygen atoms in total. The molecular formula is C92H77BrN4O4S4. The standard InChI is InChI=1S/3C23H19NOS.C16H14NS.C7H6O.BrH/c25-23(19-13-5-2-6-14-19,17-9-12-18-10-3-1-4-11-18)22-24-20-15-7-8-16-21(20)26-22;2*25-22(19-13-5-2-6-14-19)23-24(20-15-7-8-16-21(20)26-23)17-9-12-18-10-3-1-4-11-18;1-2-7-14(8-3-1)9-6-12-17-13-18-16-11-5-4-10-15(16)17;8-6-7-4-2-1-3-5-7;/h2*1-16,25H,17H2;1-16,23H,17H2;1-11,13H,12H2;1-6H;1H/q;;;+1;;/p-1/b12-9+;12-9+,23-22+;12-9+;9-6+;;. The number of carbonyl (C=O) groups excluding carboxylic acids is 2. The van der Waals surface area contributed by atoms with Crippen molar-refractivity contribution in [1.82, 2.24) is 4.98 Å². The van der Waals surface area contributed by atoms with Crippen LogP contribution in [-0.4, -0.2) is 45.7 Å². The van der Waals surface area contributed by atoms with Crippen LogP contribution in [0, 0.1) is 0 Å². The number of fused-ring (bicyclic) bond motifs is 4. The first-order valence-electron chi connectivity index (χ1n) is 34.3. The third-order valence-corrected chi connectivity index (χ3v) is 21.5. The molecule has 0 amide bonds. The number of ketones is 1. The minimum atomic E-state index is -1.14. The van der Waals surface area contributed by atoms with Crippen molar-refractivity contribution in [3.05, 3.63) is 424 Å². The maximum absolute atomic E-state index is 13.1. The number of thiazole rings is 2. The number of hydrogen-bond donors (Lipinski definition) is 2. The van der Waals surface area contributed by atoms with Gasteiger partial charge in [0.25, 0.3) is 0 Å². The number of rotatable bonds is 18. The predicted octanol–water partition coefficient (Wildman–Crippen LogP) is 19.8. The molecule has 0 aliphatic carbocycles. The molecule has 2 aliphatic rings. The van der Waals surface area contributed by atoms with E-state index in [0.29, 0.717) is 25.3 Å². The molecule has 2 N–H and O–H groups in total. The van der Waals surface area contributed by atoms with Gasteiger partial charge in [-0.3, -0.25) is 9.59 Å². The molecule has 4 heterocycles. The molecule has 2 aromatic heterocycles. The summed E-state index contributed by atoms with van der Waals surface area (Å²) < 4.78 is 4.70. The van der Waals surface area contributed by atoms with Crippen LogP contribution in [0.1, 0.15) is 65.5 Å². The fourth-order valence-electron chi connectivity index (χ4n) is 11.6. The topological polar surface area (TPSA) is 97.9 Å². The molecule has 2 unspecified atom stereocenters.